The van der Waals surface area contributed by atoms with Crippen LogP contribution in [0.25, 0.3) is 22.3 Å². The zero-order valence-corrected chi connectivity index (χ0v) is 14.6. The van der Waals surface area contributed by atoms with Crippen LogP contribution in [0.15, 0.2) is 47.8 Å². The van der Waals surface area contributed by atoms with E-state index in [-0.39, 0.29) is 11.9 Å². The van der Waals surface area contributed by atoms with Crippen LogP contribution < -0.4 is 10.4 Å². The first-order valence-corrected chi connectivity index (χ1v) is 8.76. The van der Waals surface area contributed by atoms with Crippen molar-refractivity contribution in [2.75, 3.05) is 13.2 Å². The lowest BCUT2D eigenvalue weighted by Gasteiger charge is -2.23. The molecule has 3 aromatic rings. The number of rotatable bonds is 5. The fraction of sp³-hybridized carbons (Fsp3) is 0.263. The molecule has 2 aromatic heterocycles. The predicted octanol–water partition coefficient (Wildman–Crippen LogP) is 1.87. The molecule has 0 spiro atoms. The van der Waals surface area contributed by atoms with Crippen LogP contribution in [0.4, 0.5) is 0 Å². The van der Waals surface area contributed by atoms with Crippen molar-refractivity contribution < 1.29 is 9.53 Å². The lowest BCUT2D eigenvalue weighted by Crippen LogP contribution is -2.38. The minimum atomic E-state index is -0.396. The Morgan fingerprint density at radius 1 is 1.41 bits per heavy atom. The van der Waals surface area contributed by atoms with Crippen LogP contribution in [-0.4, -0.2) is 50.2 Å². The molecule has 1 aliphatic heterocycles. The van der Waals surface area contributed by atoms with Gasteiger partial charge in [-0.3, -0.25) is 9.78 Å². The number of aromatic amines is 2. The summed E-state index contributed by atoms with van der Waals surface area (Å²) >= 11 is 0. The Morgan fingerprint density at radius 2 is 2.26 bits per heavy atom. The highest BCUT2D eigenvalue weighted by Gasteiger charge is 2.28. The molecule has 1 aliphatic rings. The van der Waals surface area contributed by atoms with E-state index in [4.69, 9.17) is 4.74 Å². The highest BCUT2D eigenvalue weighted by molar-refractivity contribution is 5.89. The average Bonchev–Trinajstić information content (AvgIpc) is 3.34. The molecule has 1 amide bonds. The number of pyridine rings is 1. The third-order valence-electron chi connectivity index (χ3n) is 4.70. The molecule has 1 aromatic carbocycles. The van der Waals surface area contributed by atoms with Gasteiger partial charge in [0, 0.05) is 11.9 Å². The van der Waals surface area contributed by atoms with E-state index >= 15 is 0 Å². The SMILES string of the molecule is C=CC(=O)N1CCCC1COc1nc(-c2n[nH]c(=O)[nH]2)cc2ccccc12. The second-order valence-electron chi connectivity index (χ2n) is 6.40. The Bertz CT molecular complexity index is 1050. The van der Waals surface area contributed by atoms with Crippen molar-refractivity contribution in [3.05, 3.63) is 53.5 Å². The summed E-state index contributed by atoms with van der Waals surface area (Å²) in [6.45, 7) is 4.62. The molecule has 4 rings (SSSR count). The molecular formula is C19H19N5O3. The van der Waals surface area contributed by atoms with E-state index in [0.717, 1.165) is 23.6 Å². The molecule has 2 N–H and O–H groups in total. The Hall–Kier alpha value is -3.42. The van der Waals surface area contributed by atoms with Gasteiger partial charge in [-0.25, -0.2) is 14.9 Å². The highest BCUT2D eigenvalue weighted by Crippen LogP contribution is 2.28. The molecule has 1 unspecified atom stereocenters. The molecule has 8 heteroatoms. The Kier molecular flexibility index (Phi) is 4.45. The standard InChI is InChI=1S/C19H19N5O3/c1-2-16(25)24-9-5-7-13(24)11-27-18-14-8-4-3-6-12(14)10-15(20-18)17-21-19(26)23-22-17/h2-4,6,8,10,13H,1,5,7,9,11H2,(H2,21,22,23,26). The number of hydrogen-bond donors (Lipinski definition) is 2. The van der Waals surface area contributed by atoms with Gasteiger partial charge in [-0.05, 0) is 36.4 Å². The average molecular weight is 365 g/mol. The smallest absolute Gasteiger partial charge is 0.340 e. The number of carbonyl (C=O) groups is 1. The van der Waals surface area contributed by atoms with E-state index in [1.165, 1.54) is 6.08 Å². The van der Waals surface area contributed by atoms with E-state index in [9.17, 15) is 9.59 Å². The first-order chi connectivity index (χ1) is 13.2. The number of fused-ring (bicyclic) bond motifs is 1. The summed E-state index contributed by atoms with van der Waals surface area (Å²) in [5, 5.41) is 8.07. The van der Waals surface area contributed by atoms with Gasteiger partial charge in [0.25, 0.3) is 0 Å². The van der Waals surface area contributed by atoms with Gasteiger partial charge in [-0.15, -0.1) is 0 Å². The fourth-order valence-electron chi connectivity index (χ4n) is 3.38. The molecule has 1 fully saturated rings. The summed E-state index contributed by atoms with van der Waals surface area (Å²) in [5.74, 6) is 0.714. The monoisotopic (exact) mass is 365 g/mol. The maximum absolute atomic E-state index is 12.0. The molecule has 0 radical (unpaired) electrons. The number of likely N-dealkylation sites (tertiary alicyclic amines) is 1. The van der Waals surface area contributed by atoms with Gasteiger partial charge in [-0.1, -0.05) is 24.8 Å². The van der Waals surface area contributed by atoms with Gasteiger partial charge < -0.3 is 9.64 Å². The quantitative estimate of drug-likeness (QED) is 0.672. The van der Waals surface area contributed by atoms with Crippen LogP contribution >= 0.6 is 0 Å². The number of H-pyrrole nitrogens is 2. The molecule has 1 saturated heterocycles. The summed E-state index contributed by atoms with van der Waals surface area (Å²) in [5.41, 5.74) is 0.111. The summed E-state index contributed by atoms with van der Waals surface area (Å²) in [6, 6.07) is 9.54. The highest BCUT2D eigenvalue weighted by atomic mass is 16.5. The first kappa shape index (κ1) is 17.0. The van der Waals surface area contributed by atoms with Crippen LogP contribution in [0.1, 0.15) is 12.8 Å². The number of nitrogens with one attached hydrogen (secondary N) is 2. The number of hydrogen-bond acceptors (Lipinski definition) is 5. The van der Waals surface area contributed by atoms with Crippen LogP contribution in [-0.2, 0) is 4.79 Å². The third-order valence-corrected chi connectivity index (χ3v) is 4.70. The molecule has 8 nitrogen and oxygen atoms in total. The van der Waals surface area contributed by atoms with Gasteiger partial charge in [0.1, 0.15) is 12.3 Å². The normalized spacial score (nSPS) is 16.6. The maximum Gasteiger partial charge on any atom is 0.340 e. The van der Waals surface area contributed by atoms with Gasteiger partial charge in [0.15, 0.2) is 5.82 Å². The number of carbonyl (C=O) groups excluding carboxylic acids is 1. The Balaban J connectivity index is 1.65. The largest absolute Gasteiger partial charge is 0.475 e. The van der Waals surface area contributed by atoms with E-state index < -0.39 is 5.69 Å². The summed E-state index contributed by atoms with van der Waals surface area (Å²) in [7, 11) is 0. The van der Waals surface area contributed by atoms with Gasteiger partial charge in [0.2, 0.25) is 11.8 Å². The summed E-state index contributed by atoms with van der Waals surface area (Å²) in [6.07, 6.45) is 3.15. The molecule has 27 heavy (non-hydrogen) atoms. The van der Waals surface area contributed by atoms with E-state index in [0.29, 0.717) is 30.5 Å². The van der Waals surface area contributed by atoms with E-state index in [1.54, 1.807) is 4.90 Å². The third kappa shape index (κ3) is 3.33. The minimum absolute atomic E-state index is 0.00934. The second-order valence-corrected chi connectivity index (χ2v) is 6.40. The van der Waals surface area contributed by atoms with Crippen LogP contribution in [0.2, 0.25) is 0 Å². The molecule has 0 bridgehead atoms. The van der Waals surface area contributed by atoms with Crippen LogP contribution in [0, 0.1) is 0 Å². The summed E-state index contributed by atoms with van der Waals surface area (Å²) in [4.78, 5) is 32.3. The van der Waals surface area contributed by atoms with Crippen molar-refractivity contribution in [1.29, 1.82) is 0 Å². The van der Waals surface area contributed by atoms with Crippen molar-refractivity contribution in [2.24, 2.45) is 0 Å². The maximum atomic E-state index is 12.0. The van der Waals surface area contributed by atoms with Crippen molar-refractivity contribution in [3.63, 3.8) is 0 Å². The van der Waals surface area contributed by atoms with E-state index in [1.807, 2.05) is 30.3 Å². The van der Waals surface area contributed by atoms with Crippen molar-refractivity contribution >= 4 is 16.7 Å². The van der Waals surface area contributed by atoms with Crippen molar-refractivity contribution in [3.8, 4) is 17.4 Å². The fourth-order valence-corrected chi connectivity index (χ4v) is 3.38. The molecule has 3 heterocycles. The zero-order chi connectivity index (χ0) is 18.8. The number of benzene rings is 1. The van der Waals surface area contributed by atoms with Crippen molar-refractivity contribution in [1.82, 2.24) is 25.1 Å². The Labute approximate surface area is 154 Å². The lowest BCUT2D eigenvalue weighted by atomic mass is 10.1. The molecule has 0 aliphatic carbocycles. The molecular weight excluding hydrogens is 346 g/mol. The molecule has 0 saturated carbocycles. The lowest BCUT2D eigenvalue weighted by molar-refractivity contribution is -0.127. The Morgan fingerprint density at radius 3 is 3.04 bits per heavy atom. The number of amides is 1. The number of nitrogens with zero attached hydrogens (tertiary/aromatic N) is 3. The van der Waals surface area contributed by atoms with Gasteiger partial charge >= 0.3 is 5.69 Å². The number of aromatic nitrogens is 4. The van der Waals surface area contributed by atoms with Crippen molar-refractivity contribution in [2.45, 2.75) is 18.9 Å². The molecule has 138 valence electrons. The minimum Gasteiger partial charge on any atom is -0.475 e. The van der Waals surface area contributed by atoms with E-state index in [2.05, 4.69) is 26.7 Å². The van der Waals surface area contributed by atoms with Crippen LogP contribution in [0.5, 0.6) is 5.88 Å². The zero-order valence-electron chi connectivity index (χ0n) is 14.6. The topological polar surface area (TPSA) is 104 Å². The molecule has 1 atom stereocenters. The number of ether oxygens (including phenoxy) is 1. The first-order valence-electron chi connectivity index (χ1n) is 8.76. The van der Waals surface area contributed by atoms with Crippen LogP contribution in [0.3, 0.4) is 0 Å². The summed E-state index contributed by atoms with van der Waals surface area (Å²) < 4.78 is 6.03. The van der Waals surface area contributed by atoms with Gasteiger partial charge in [-0.2, -0.15) is 5.10 Å². The predicted molar refractivity (Wildman–Crippen MR) is 100 cm³/mol. The van der Waals surface area contributed by atoms with Gasteiger partial charge in [0.05, 0.1) is 6.04 Å². The second kappa shape index (κ2) is 7.06.